The molecule has 1 aliphatic heterocycles. The van der Waals surface area contributed by atoms with E-state index in [-0.39, 0.29) is 5.25 Å². The Morgan fingerprint density at radius 1 is 1.41 bits per heavy atom. The van der Waals surface area contributed by atoms with Crippen LogP contribution in [0.15, 0.2) is 0 Å². The molecule has 1 aliphatic rings. The number of hydrogen-bond acceptors (Lipinski definition) is 4. The van der Waals surface area contributed by atoms with Gasteiger partial charge in [-0.05, 0) is 32.9 Å². The van der Waals surface area contributed by atoms with Gasteiger partial charge >= 0.3 is 0 Å². The van der Waals surface area contributed by atoms with Crippen molar-refractivity contribution in [2.45, 2.75) is 44.0 Å². The zero-order chi connectivity index (χ0) is 13.1. The first-order valence-electron chi connectivity index (χ1n) is 6.24. The summed E-state index contributed by atoms with van der Waals surface area (Å²) in [5, 5.41) is 9.89. The third-order valence-electron chi connectivity index (χ3n) is 3.79. The van der Waals surface area contributed by atoms with Crippen molar-refractivity contribution in [3.63, 3.8) is 0 Å². The van der Waals surface area contributed by atoms with Crippen molar-refractivity contribution in [2.24, 2.45) is 0 Å². The highest BCUT2D eigenvalue weighted by molar-refractivity contribution is 7.90. The van der Waals surface area contributed by atoms with Crippen LogP contribution >= 0.6 is 0 Å². The Morgan fingerprint density at radius 3 is 2.47 bits per heavy atom. The van der Waals surface area contributed by atoms with Crippen molar-refractivity contribution in [1.82, 2.24) is 9.62 Å². The number of sulfonamides is 1. The maximum absolute atomic E-state index is 11.7. The van der Waals surface area contributed by atoms with Gasteiger partial charge in [0.25, 0.3) is 0 Å². The van der Waals surface area contributed by atoms with E-state index in [1.54, 1.807) is 0 Å². The number of rotatable bonds is 6. The Labute approximate surface area is 104 Å². The summed E-state index contributed by atoms with van der Waals surface area (Å²) in [7, 11) is -1.72. The maximum atomic E-state index is 11.7. The molecule has 0 saturated carbocycles. The molecule has 1 rings (SSSR count). The number of nitrogens with one attached hydrogen (secondary N) is 1. The second-order valence-electron chi connectivity index (χ2n) is 4.83. The number of hydrogen-bond donors (Lipinski definition) is 2. The molecule has 0 radical (unpaired) electrons. The number of aliphatic hydroxyl groups is 1. The Morgan fingerprint density at radius 2 is 2.00 bits per heavy atom. The first kappa shape index (κ1) is 14.9. The molecule has 17 heavy (non-hydrogen) atoms. The summed E-state index contributed by atoms with van der Waals surface area (Å²) in [6, 6.07) is 0. The van der Waals surface area contributed by atoms with E-state index in [1.807, 2.05) is 18.7 Å². The van der Waals surface area contributed by atoms with Crippen LogP contribution < -0.4 is 4.72 Å². The van der Waals surface area contributed by atoms with Gasteiger partial charge in [0.2, 0.25) is 10.0 Å². The van der Waals surface area contributed by atoms with Crippen LogP contribution in [0.1, 0.15) is 33.1 Å². The van der Waals surface area contributed by atoms with E-state index in [1.165, 1.54) is 7.05 Å². The van der Waals surface area contributed by atoms with Crippen molar-refractivity contribution in [1.29, 1.82) is 0 Å². The highest BCUT2D eigenvalue weighted by Crippen LogP contribution is 2.22. The Hall–Kier alpha value is -0.170. The van der Waals surface area contributed by atoms with E-state index >= 15 is 0 Å². The Bertz CT molecular complexity index is 339. The lowest BCUT2D eigenvalue weighted by Gasteiger charge is -2.30. The number of likely N-dealkylation sites (tertiary alicyclic amines) is 1. The standard InChI is InChI=1S/C11H24N2O3S/c1-4-11(14,5-2)9-13-7-6-10(8-13)17(15,16)12-3/h10,12,14H,4-9H2,1-3H3. The second kappa shape index (κ2) is 5.65. The molecule has 102 valence electrons. The lowest BCUT2D eigenvalue weighted by molar-refractivity contribution is 0.00252. The van der Waals surface area contributed by atoms with Crippen LogP contribution in [0.3, 0.4) is 0 Å². The molecule has 1 unspecified atom stereocenters. The van der Waals surface area contributed by atoms with Crippen LogP contribution in [0.4, 0.5) is 0 Å². The summed E-state index contributed by atoms with van der Waals surface area (Å²) in [5.41, 5.74) is -0.682. The van der Waals surface area contributed by atoms with Crippen LogP contribution in [-0.4, -0.2) is 56.0 Å². The van der Waals surface area contributed by atoms with Crippen LogP contribution in [0.2, 0.25) is 0 Å². The zero-order valence-electron chi connectivity index (χ0n) is 10.9. The normalized spacial score (nSPS) is 23.2. The third kappa shape index (κ3) is 3.64. The molecular formula is C11H24N2O3S. The van der Waals surface area contributed by atoms with E-state index in [0.29, 0.717) is 32.4 Å². The summed E-state index contributed by atoms with van der Waals surface area (Å²) in [5.74, 6) is 0. The fourth-order valence-electron chi connectivity index (χ4n) is 2.25. The minimum Gasteiger partial charge on any atom is -0.389 e. The topological polar surface area (TPSA) is 69.6 Å². The lowest BCUT2D eigenvalue weighted by Crippen LogP contribution is -2.42. The molecule has 0 aromatic rings. The van der Waals surface area contributed by atoms with Crippen LogP contribution in [0.5, 0.6) is 0 Å². The maximum Gasteiger partial charge on any atom is 0.215 e. The van der Waals surface area contributed by atoms with Crippen LogP contribution in [0.25, 0.3) is 0 Å². The largest absolute Gasteiger partial charge is 0.389 e. The summed E-state index contributed by atoms with van der Waals surface area (Å²) in [6.07, 6.45) is 2.04. The van der Waals surface area contributed by atoms with Gasteiger partial charge in [-0.2, -0.15) is 0 Å². The molecule has 2 N–H and O–H groups in total. The molecule has 0 bridgehead atoms. The van der Waals surface area contributed by atoms with Gasteiger partial charge in [-0.25, -0.2) is 13.1 Å². The zero-order valence-corrected chi connectivity index (χ0v) is 11.8. The van der Waals surface area contributed by atoms with E-state index in [4.69, 9.17) is 0 Å². The predicted molar refractivity (Wildman–Crippen MR) is 68.4 cm³/mol. The van der Waals surface area contributed by atoms with Gasteiger partial charge in [0.05, 0.1) is 10.9 Å². The molecule has 0 aromatic heterocycles. The summed E-state index contributed by atoms with van der Waals surface area (Å²) >= 11 is 0. The summed E-state index contributed by atoms with van der Waals surface area (Å²) in [6.45, 7) is 5.75. The minimum atomic E-state index is -3.17. The molecule has 0 aromatic carbocycles. The van der Waals surface area contributed by atoms with E-state index in [2.05, 4.69) is 4.72 Å². The Kier molecular flexibility index (Phi) is 4.95. The first-order valence-corrected chi connectivity index (χ1v) is 7.78. The Balaban J connectivity index is 2.57. The fourth-order valence-corrected chi connectivity index (χ4v) is 3.41. The summed E-state index contributed by atoms with van der Waals surface area (Å²) in [4.78, 5) is 2.05. The van der Waals surface area contributed by atoms with Crippen molar-refractivity contribution in [2.75, 3.05) is 26.7 Å². The van der Waals surface area contributed by atoms with Crippen molar-refractivity contribution >= 4 is 10.0 Å². The summed E-state index contributed by atoms with van der Waals surface area (Å²) < 4.78 is 25.7. The lowest BCUT2D eigenvalue weighted by atomic mass is 9.97. The molecular weight excluding hydrogens is 240 g/mol. The highest BCUT2D eigenvalue weighted by Gasteiger charge is 2.35. The van der Waals surface area contributed by atoms with Crippen molar-refractivity contribution in [3.05, 3.63) is 0 Å². The molecule has 6 heteroatoms. The monoisotopic (exact) mass is 264 g/mol. The van der Waals surface area contributed by atoms with Crippen molar-refractivity contribution < 1.29 is 13.5 Å². The minimum absolute atomic E-state index is 0.342. The molecule has 1 fully saturated rings. The quantitative estimate of drug-likeness (QED) is 0.717. The van der Waals surface area contributed by atoms with Gasteiger partial charge in [-0.15, -0.1) is 0 Å². The molecule has 0 spiro atoms. The van der Waals surface area contributed by atoms with Gasteiger partial charge < -0.3 is 5.11 Å². The van der Waals surface area contributed by atoms with Gasteiger partial charge in [-0.3, -0.25) is 4.90 Å². The molecule has 0 aliphatic carbocycles. The molecule has 1 saturated heterocycles. The van der Waals surface area contributed by atoms with Crippen LogP contribution in [0, 0.1) is 0 Å². The van der Waals surface area contributed by atoms with E-state index in [0.717, 1.165) is 6.54 Å². The molecule has 1 atom stereocenters. The fraction of sp³-hybridized carbons (Fsp3) is 1.00. The average molecular weight is 264 g/mol. The van der Waals surface area contributed by atoms with Crippen molar-refractivity contribution in [3.8, 4) is 0 Å². The highest BCUT2D eigenvalue weighted by atomic mass is 32.2. The van der Waals surface area contributed by atoms with Gasteiger partial charge in [0, 0.05) is 13.1 Å². The SMILES string of the molecule is CCC(O)(CC)CN1CCC(S(=O)(=O)NC)C1. The van der Waals surface area contributed by atoms with E-state index < -0.39 is 15.6 Å². The predicted octanol–water partition coefficient (Wildman–Crippen LogP) is 0.161. The molecule has 1 heterocycles. The van der Waals surface area contributed by atoms with E-state index in [9.17, 15) is 13.5 Å². The number of nitrogens with zero attached hydrogens (tertiary/aromatic N) is 1. The second-order valence-corrected chi connectivity index (χ2v) is 6.99. The van der Waals surface area contributed by atoms with Crippen LogP contribution in [-0.2, 0) is 10.0 Å². The first-order chi connectivity index (χ1) is 7.87. The average Bonchev–Trinajstić information content (AvgIpc) is 2.78. The third-order valence-corrected chi connectivity index (χ3v) is 5.62. The smallest absolute Gasteiger partial charge is 0.215 e. The number of β-amino-alcohol motifs (C(OH)–C–C–N with tert-alkyl or cyclic N) is 1. The molecule has 0 amide bonds. The van der Waals surface area contributed by atoms with Gasteiger partial charge in [-0.1, -0.05) is 13.8 Å². The van der Waals surface area contributed by atoms with Gasteiger partial charge in [0.1, 0.15) is 0 Å². The van der Waals surface area contributed by atoms with Gasteiger partial charge in [0.15, 0.2) is 0 Å². The molecule has 5 nitrogen and oxygen atoms in total.